The Morgan fingerprint density at radius 3 is 2.56 bits per heavy atom. The summed E-state index contributed by atoms with van der Waals surface area (Å²) in [5.41, 5.74) is 3.11. The number of benzene rings is 2. The van der Waals surface area contributed by atoms with Crippen LogP contribution in [0.5, 0.6) is 5.75 Å². The number of aromatic nitrogens is 3. The van der Waals surface area contributed by atoms with Crippen molar-refractivity contribution in [3.8, 4) is 16.9 Å². The number of aliphatic hydroxyl groups excluding tert-OH is 1. The second-order valence-electron chi connectivity index (χ2n) is 7.51. The number of hydrogen-bond donors (Lipinski definition) is 2. The quantitative estimate of drug-likeness (QED) is 0.400. The van der Waals surface area contributed by atoms with E-state index >= 15 is 0 Å². The molecule has 2 N–H and O–H groups in total. The van der Waals surface area contributed by atoms with Gasteiger partial charge in [-0.25, -0.2) is 8.78 Å². The van der Waals surface area contributed by atoms with E-state index in [-0.39, 0.29) is 31.5 Å². The lowest BCUT2D eigenvalue weighted by atomic mass is 10.0. The third-order valence-electron chi connectivity index (χ3n) is 5.25. The summed E-state index contributed by atoms with van der Waals surface area (Å²) < 4.78 is 33.1. The minimum atomic E-state index is -0.696. The highest BCUT2D eigenvalue weighted by atomic mass is 35.5. The second kappa shape index (κ2) is 10.6. The third kappa shape index (κ3) is 5.00. The van der Waals surface area contributed by atoms with Crippen molar-refractivity contribution >= 4 is 29.2 Å². The van der Waals surface area contributed by atoms with Gasteiger partial charge < -0.3 is 14.7 Å². The average Bonchev–Trinajstić information content (AvgIpc) is 3.29. The molecule has 0 atom stereocenters. The Kier molecular flexibility index (Phi) is 7.80. The summed E-state index contributed by atoms with van der Waals surface area (Å²) >= 11 is 0. The Labute approximate surface area is 200 Å². The molecule has 2 aromatic carbocycles. The number of pyridine rings is 1. The zero-order valence-electron chi connectivity index (χ0n) is 18.5. The van der Waals surface area contributed by atoms with Crippen molar-refractivity contribution < 1.29 is 23.4 Å². The molecule has 4 rings (SSSR count). The summed E-state index contributed by atoms with van der Waals surface area (Å²) in [6.45, 7) is 2.14. The van der Waals surface area contributed by atoms with E-state index in [0.29, 0.717) is 45.6 Å². The van der Waals surface area contributed by atoms with Crippen LogP contribution in [0.1, 0.15) is 28.5 Å². The van der Waals surface area contributed by atoms with Crippen LogP contribution in [-0.4, -0.2) is 44.7 Å². The standard InChI is InChI=1S/C24H22F2N4O3.ClH/c1-3-33-22-8-14(4-5-19(22)15-6-17(25)9-18(26)7-15)24(32)30(2)12-16-10-27-21(13-31)20-11-28-29-23(16)20;/h4-11,31H,3,12-13H2,1-2H3,(H,28,29);1H. The van der Waals surface area contributed by atoms with Crippen LogP contribution in [0.3, 0.4) is 0 Å². The maximum absolute atomic E-state index is 13.7. The van der Waals surface area contributed by atoms with Crippen molar-refractivity contribution in [2.75, 3.05) is 13.7 Å². The first-order valence-electron chi connectivity index (χ1n) is 10.3. The molecule has 2 aromatic heterocycles. The number of carbonyl (C=O) groups excluding carboxylic acids is 1. The zero-order valence-corrected chi connectivity index (χ0v) is 19.3. The molecule has 0 fully saturated rings. The lowest BCUT2D eigenvalue weighted by molar-refractivity contribution is 0.0785. The lowest BCUT2D eigenvalue weighted by Gasteiger charge is -2.19. The van der Waals surface area contributed by atoms with E-state index in [4.69, 9.17) is 4.74 Å². The highest BCUT2D eigenvalue weighted by molar-refractivity contribution is 5.96. The van der Waals surface area contributed by atoms with Gasteiger partial charge in [0, 0.05) is 47.9 Å². The van der Waals surface area contributed by atoms with Crippen LogP contribution in [-0.2, 0) is 13.2 Å². The number of rotatable bonds is 7. The first kappa shape index (κ1) is 25.1. The number of nitrogens with zero attached hydrogens (tertiary/aromatic N) is 3. The molecule has 0 aliphatic carbocycles. The van der Waals surface area contributed by atoms with Gasteiger partial charge in [0.1, 0.15) is 17.4 Å². The fourth-order valence-electron chi connectivity index (χ4n) is 3.71. The molecule has 178 valence electrons. The molecule has 0 spiro atoms. The molecule has 0 radical (unpaired) electrons. The van der Waals surface area contributed by atoms with Gasteiger partial charge in [-0.2, -0.15) is 5.10 Å². The molecule has 0 aliphatic heterocycles. The van der Waals surface area contributed by atoms with E-state index in [1.165, 1.54) is 17.0 Å². The Morgan fingerprint density at radius 2 is 1.88 bits per heavy atom. The van der Waals surface area contributed by atoms with Crippen LogP contribution in [0.2, 0.25) is 0 Å². The maximum atomic E-state index is 13.7. The van der Waals surface area contributed by atoms with Gasteiger partial charge in [0.25, 0.3) is 5.91 Å². The van der Waals surface area contributed by atoms with Crippen LogP contribution in [0.15, 0.2) is 48.8 Å². The Hall–Kier alpha value is -3.56. The molecule has 4 aromatic rings. The van der Waals surface area contributed by atoms with Crippen LogP contribution < -0.4 is 4.74 Å². The number of hydrogen-bond acceptors (Lipinski definition) is 5. The topological polar surface area (TPSA) is 91.3 Å². The number of nitrogens with one attached hydrogen (secondary N) is 1. The van der Waals surface area contributed by atoms with Crippen molar-refractivity contribution in [2.45, 2.75) is 20.1 Å². The molecule has 0 unspecified atom stereocenters. The third-order valence-corrected chi connectivity index (χ3v) is 5.25. The highest BCUT2D eigenvalue weighted by Gasteiger charge is 2.18. The van der Waals surface area contributed by atoms with Gasteiger partial charge in [-0.05, 0) is 42.8 Å². The van der Waals surface area contributed by atoms with Crippen LogP contribution in [0.4, 0.5) is 8.78 Å². The number of carbonyl (C=O) groups is 1. The number of aromatic amines is 1. The number of halogens is 3. The van der Waals surface area contributed by atoms with Crippen molar-refractivity contribution in [3.05, 3.63) is 77.2 Å². The average molecular weight is 489 g/mol. The van der Waals surface area contributed by atoms with Gasteiger partial charge in [0.15, 0.2) is 0 Å². The van der Waals surface area contributed by atoms with Gasteiger partial charge in [0.2, 0.25) is 0 Å². The molecule has 2 heterocycles. The largest absolute Gasteiger partial charge is 0.493 e. The van der Waals surface area contributed by atoms with E-state index in [1.807, 2.05) is 0 Å². The predicted octanol–water partition coefficient (Wildman–Crippen LogP) is 4.49. The number of aliphatic hydroxyl groups is 1. The van der Waals surface area contributed by atoms with Crippen molar-refractivity contribution in [1.29, 1.82) is 0 Å². The summed E-state index contributed by atoms with van der Waals surface area (Å²) in [5.74, 6) is -1.31. The van der Waals surface area contributed by atoms with Crippen LogP contribution >= 0.6 is 12.4 Å². The Balaban J connectivity index is 0.00000324. The summed E-state index contributed by atoms with van der Waals surface area (Å²) in [5, 5.41) is 17.0. The summed E-state index contributed by atoms with van der Waals surface area (Å²) in [6.07, 6.45) is 3.19. The van der Waals surface area contributed by atoms with E-state index in [9.17, 15) is 18.7 Å². The molecule has 7 nitrogen and oxygen atoms in total. The Bertz CT molecular complexity index is 1310. The van der Waals surface area contributed by atoms with E-state index < -0.39 is 11.6 Å². The van der Waals surface area contributed by atoms with Gasteiger partial charge in [-0.15, -0.1) is 12.4 Å². The molecule has 0 saturated carbocycles. The second-order valence-corrected chi connectivity index (χ2v) is 7.51. The molecular weight excluding hydrogens is 466 g/mol. The highest BCUT2D eigenvalue weighted by Crippen LogP contribution is 2.32. The van der Waals surface area contributed by atoms with Gasteiger partial charge in [-0.1, -0.05) is 0 Å². The van der Waals surface area contributed by atoms with Crippen LogP contribution in [0.25, 0.3) is 22.0 Å². The van der Waals surface area contributed by atoms with Gasteiger partial charge in [0.05, 0.1) is 30.6 Å². The molecule has 0 aliphatic rings. The fraction of sp³-hybridized carbons (Fsp3) is 0.208. The van der Waals surface area contributed by atoms with Crippen LogP contribution in [0, 0.1) is 11.6 Å². The number of H-pyrrole nitrogens is 1. The molecule has 1 amide bonds. The predicted molar refractivity (Wildman–Crippen MR) is 126 cm³/mol. The molecular formula is C24H23ClF2N4O3. The molecule has 10 heteroatoms. The smallest absolute Gasteiger partial charge is 0.254 e. The Morgan fingerprint density at radius 1 is 1.15 bits per heavy atom. The molecule has 0 saturated heterocycles. The fourth-order valence-corrected chi connectivity index (χ4v) is 3.71. The number of fused-ring (bicyclic) bond motifs is 1. The van der Waals surface area contributed by atoms with E-state index in [0.717, 1.165) is 11.6 Å². The van der Waals surface area contributed by atoms with E-state index in [2.05, 4.69) is 15.2 Å². The summed E-state index contributed by atoms with van der Waals surface area (Å²) in [4.78, 5) is 18.9. The maximum Gasteiger partial charge on any atom is 0.254 e. The lowest BCUT2D eigenvalue weighted by Crippen LogP contribution is -2.26. The minimum Gasteiger partial charge on any atom is -0.493 e. The summed E-state index contributed by atoms with van der Waals surface area (Å²) in [6, 6.07) is 8.01. The monoisotopic (exact) mass is 488 g/mol. The number of amides is 1. The van der Waals surface area contributed by atoms with Gasteiger partial charge >= 0.3 is 0 Å². The van der Waals surface area contributed by atoms with Crippen molar-refractivity contribution in [1.82, 2.24) is 20.1 Å². The zero-order chi connectivity index (χ0) is 23.5. The number of ether oxygens (including phenoxy) is 1. The SMILES string of the molecule is CCOc1cc(C(=O)N(C)Cc2cnc(CO)c3cn[nH]c23)ccc1-c1cc(F)cc(F)c1.Cl. The molecule has 0 bridgehead atoms. The first-order chi connectivity index (χ1) is 15.9. The van der Waals surface area contributed by atoms with Crippen molar-refractivity contribution in [3.63, 3.8) is 0 Å². The normalized spacial score (nSPS) is 10.7. The summed E-state index contributed by atoms with van der Waals surface area (Å²) in [7, 11) is 1.65. The first-order valence-corrected chi connectivity index (χ1v) is 10.3. The van der Waals surface area contributed by atoms with Crippen molar-refractivity contribution in [2.24, 2.45) is 0 Å². The van der Waals surface area contributed by atoms with Gasteiger partial charge in [-0.3, -0.25) is 14.9 Å². The molecule has 34 heavy (non-hydrogen) atoms. The van der Waals surface area contributed by atoms with E-state index in [1.54, 1.807) is 44.6 Å². The minimum absolute atomic E-state index is 0.